The van der Waals surface area contributed by atoms with Crippen LogP contribution in [0.5, 0.6) is 0 Å². The SMILES string of the molecule is CC1CN(CC2CNCCO2)CC1N(C)C. The Bertz CT molecular complexity index is 216. The molecule has 2 rings (SSSR count). The first kappa shape index (κ1) is 12.3. The zero-order valence-electron chi connectivity index (χ0n) is 10.8. The van der Waals surface area contributed by atoms with Crippen molar-refractivity contribution in [2.75, 3.05) is 53.4 Å². The van der Waals surface area contributed by atoms with Gasteiger partial charge in [-0.05, 0) is 20.0 Å². The molecule has 16 heavy (non-hydrogen) atoms. The number of hydrogen-bond acceptors (Lipinski definition) is 4. The summed E-state index contributed by atoms with van der Waals surface area (Å²) in [4.78, 5) is 4.90. The molecule has 2 heterocycles. The summed E-state index contributed by atoms with van der Waals surface area (Å²) < 4.78 is 5.75. The van der Waals surface area contributed by atoms with Crippen LogP contribution in [0.3, 0.4) is 0 Å². The fourth-order valence-electron chi connectivity index (χ4n) is 2.89. The summed E-state index contributed by atoms with van der Waals surface area (Å²) in [5, 5.41) is 3.39. The van der Waals surface area contributed by atoms with Gasteiger partial charge in [-0.15, -0.1) is 0 Å². The van der Waals surface area contributed by atoms with Gasteiger partial charge in [-0.25, -0.2) is 0 Å². The molecule has 0 amide bonds. The van der Waals surface area contributed by atoms with Crippen molar-refractivity contribution in [3.8, 4) is 0 Å². The highest BCUT2D eigenvalue weighted by atomic mass is 16.5. The van der Waals surface area contributed by atoms with Gasteiger partial charge < -0.3 is 15.0 Å². The lowest BCUT2D eigenvalue weighted by molar-refractivity contribution is 0.00855. The van der Waals surface area contributed by atoms with Crippen molar-refractivity contribution in [1.29, 1.82) is 0 Å². The zero-order chi connectivity index (χ0) is 11.5. The highest BCUT2D eigenvalue weighted by Gasteiger charge is 2.32. The maximum Gasteiger partial charge on any atom is 0.0826 e. The van der Waals surface area contributed by atoms with E-state index < -0.39 is 0 Å². The Hall–Kier alpha value is -0.160. The fourth-order valence-corrected chi connectivity index (χ4v) is 2.89. The van der Waals surface area contributed by atoms with Gasteiger partial charge in [0.05, 0.1) is 12.7 Å². The second kappa shape index (κ2) is 5.45. The van der Waals surface area contributed by atoms with Gasteiger partial charge in [0.15, 0.2) is 0 Å². The molecule has 0 saturated carbocycles. The monoisotopic (exact) mass is 227 g/mol. The van der Waals surface area contributed by atoms with Crippen LogP contribution in [0, 0.1) is 5.92 Å². The van der Waals surface area contributed by atoms with Crippen LogP contribution < -0.4 is 5.32 Å². The molecule has 0 aromatic rings. The van der Waals surface area contributed by atoms with Crippen LogP contribution in [0.1, 0.15) is 6.92 Å². The van der Waals surface area contributed by atoms with Gasteiger partial charge in [0.25, 0.3) is 0 Å². The molecule has 1 N–H and O–H groups in total. The molecule has 4 nitrogen and oxygen atoms in total. The molecule has 0 radical (unpaired) electrons. The molecule has 0 aromatic carbocycles. The molecule has 2 saturated heterocycles. The van der Waals surface area contributed by atoms with E-state index in [1.165, 1.54) is 13.1 Å². The molecule has 3 unspecified atom stereocenters. The van der Waals surface area contributed by atoms with E-state index in [9.17, 15) is 0 Å². The molecule has 94 valence electrons. The lowest BCUT2D eigenvalue weighted by Crippen LogP contribution is -2.45. The van der Waals surface area contributed by atoms with Gasteiger partial charge in [0, 0.05) is 38.8 Å². The van der Waals surface area contributed by atoms with Gasteiger partial charge >= 0.3 is 0 Å². The first-order valence-corrected chi connectivity index (χ1v) is 6.38. The number of morpholine rings is 1. The topological polar surface area (TPSA) is 27.7 Å². The van der Waals surface area contributed by atoms with Crippen LogP contribution in [-0.2, 0) is 4.74 Å². The molecule has 2 fully saturated rings. The van der Waals surface area contributed by atoms with Crippen LogP contribution in [0.15, 0.2) is 0 Å². The number of nitrogens with one attached hydrogen (secondary N) is 1. The van der Waals surface area contributed by atoms with E-state index in [1.807, 2.05) is 0 Å². The van der Waals surface area contributed by atoms with Crippen molar-refractivity contribution in [3.63, 3.8) is 0 Å². The zero-order valence-corrected chi connectivity index (χ0v) is 10.8. The average Bonchev–Trinajstić information content (AvgIpc) is 2.61. The quantitative estimate of drug-likeness (QED) is 0.726. The lowest BCUT2D eigenvalue weighted by Gasteiger charge is -2.28. The van der Waals surface area contributed by atoms with Gasteiger partial charge in [-0.3, -0.25) is 4.90 Å². The molecule has 0 aliphatic carbocycles. The summed E-state index contributed by atoms with van der Waals surface area (Å²) in [5.41, 5.74) is 0. The predicted octanol–water partition coefficient (Wildman–Crippen LogP) is -0.143. The Morgan fingerprint density at radius 1 is 1.38 bits per heavy atom. The number of nitrogens with zero attached hydrogens (tertiary/aromatic N) is 2. The molecular formula is C12H25N3O. The maximum atomic E-state index is 5.75. The summed E-state index contributed by atoms with van der Waals surface area (Å²) in [6, 6.07) is 0.705. The van der Waals surface area contributed by atoms with Crippen LogP contribution in [-0.4, -0.2) is 75.4 Å². The highest BCUT2D eigenvalue weighted by Crippen LogP contribution is 2.20. The summed E-state index contributed by atoms with van der Waals surface area (Å²) >= 11 is 0. The van der Waals surface area contributed by atoms with E-state index in [4.69, 9.17) is 4.74 Å². The van der Waals surface area contributed by atoms with Crippen molar-refractivity contribution >= 4 is 0 Å². The Morgan fingerprint density at radius 3 is 2.75 bits per heavy atom. The summed E-state index contributed by atoms with van der Waals surface area (Å²) in [7, 11) is 4.37. The van der Waals surface area contributed by atoms with Gasteiger partial charge in [-0.1, -0.05) is 6.92 Å². The van der Waals surface area contributed by atoms with Crippen molar-refractivity contribution in [2.45, 2.75) is 19.1 Å². The van der Waals surface area contributed by atoms with Crippen molar-refractivity contribution in [1.82, 2.24) is 15.1 Å². The van der Waals surface area contributed by atoms with E-state index in [1.54, 1.807) is 0 Å². The van der Waals surface area contributed by atoms with Crippen LogP contribution in [0.4, 0.5) is 0 Å². The summed E-state index contributed by atoms with van der Waals surface area (Å²) in [6.07, 6.45) is 0.391. The first-order valence-electron chi connectivity index (χ1n) is 6.38. The third-order valence-corrected chi connectivity index (χ3v) is 3.78. The standard InChI is InChI=1S/C12H25N3O/c1-10-7-15(9-12(10)14(2)3)8-11-6-13-4-5-16-11/h10-13H,4-9H2,1-3H3. The van der Waals surface area contributed by atoms with E-state index in [2.05, 4.69) is 36.1 Å². The van der Waals surface area contributed by atoms with E-state index in [0.29, 0.717) is 12.1 Å². The smallest absolute Gasteiger partial charge is 0.0826 e. The Labute approximate surface area is 98.9 Å². The highest BCUT2D eigenvalue weighted by molar-refractivity contribution is 4.88. The van der Waals surface area contributed by atoms with Crippen LogP contribution in [0.25, 0.3) is 0 Å². The summed E-state index contributed by atoms with van der Waals surface area (Å²) in [5.74, 6) is 0.770. The second-order valence-electron chi connectivity index (χ2n) is 5.42. The lowest BCUT2D eigenvalue weighted by atomic mass is 10.1. The maximum absolute atomic E-state index is 5.75. The third-order valence-electron chi connectivity index (χ3n) is 3.78. The van der Waals surface area contributed by atoms with E-state index in [-0.39, 0.29) is 0 Å². The largest absolute Gasteiger partial charge is 0.374 e. The Kier molecular flexibility index (Phi) is 4.19. The van der Waals surface area contributed by atoms with Crippen molar-refractivity contribution in [2.24, 2.45) is 5.92 Å². The normalized spacial score (nSPS) is 37.1. The van der Waals surface area contributed by atoms with Crippen molar-refractivity contribution < 1.29 is 4.74 Å². The molecule has 0 spiro atoms. The Balaban J connectivity index is 1.78. The number of likely N-dealkylation sites (tertiary alicyclic amines) is 1. The van der Waals surface area contributed by atoms with E-state index >= 15 is 0 Å². The third kappa shape index (κ3) is 2.94. The minimum atomic E-state index is 0.391. The minimum absolute atomic E-state index is 0.391. The molecule has 2 aliphatic rings. The molecule has 0 aromatic heterocycles. The molecule has 3 atom stereocenters. The predicted molar refractivity (Wildman–Crippen MR) is 65.7 cm³/mol. The van der Waals surface area contributed by atoms with Crippen LogP contribution >= 0.6 is 0 Å². The first-order chi connectivity index (χ1) is 7.66. The molecular weight excluding hydrogens is 202 g/mol. The van der Waals surface area contributed by atoms with Gasteiger partial charge in [0.2, 0.25) is 0 Å². The molecule has 2 aliphatic heterocycles. The minimum Gasteiger partial charge on any atom is -0.374 e. The van der Waals surface area contributed by atoms with Gasteiger partial charge in [0.1, 0.15) is 0 Å². The number of hydrogen-bond donors (Lipinski definition) is 1. The molecule has 0 bridgehead atoms. The van der Waals surface area contributed by atoms with Crippen molar-refractivity contribution in [3.05, 3.63) is 0 Å². The number of likely N-dealkylation sites (N-methyl/N-ethyl adjacent to an activating group) is 1. The molecule has 4 heteroatoms. The Morgan fingerprint density at radius 2 is 2.19 bits per heavy atom. The van der Waals surface area contributed by atoms with E-state index in [0.717, 1.165) is 32.2 Å². The van der Waals surface area contributed by atoms with Gasteiger partial charge in [-0.2, -0.15) is 0 Å². The fraction of sp³-hybridized carbons (Fsp3) is 1.00. The second-order valence-corrected chi connectivity index (χ2v) is 5.42. The summed E-state index contributed by atoms with van der Waals surface area (Å²) in [6.45, 7) is 8.72. The number of rotatable bonds is 3. The number of ether oxygens (including phenoxy) is 1. The average molecular weight is 227 g/mol. The van der Waals surface area contributed by atoms with Crippen LogP contribution in [0.2, 0.25) is 0 Å².